The van der Waals surface area contributed by atoms with Crippen molar-refractivity contribution >= 4 is 11.8 Å². The average molecular weight is 237 g/mol. The molecule has 2 heterocycles. The van der Waals surface area contributed by atoms with Gasteiger partial charge in [0, 0.05) is 20.0 Å². The quantitative estimate of drug-likeness (QED) is 0.745. The Labute approximate surface area is 98.8 Å². The molecule has 2 amide bonds. The van der Waals surface area contributed by atoms with Gasteiger partial charge in [-0.2, -0.15) is 15.0 Å². The number of rotatable bonds is 3. The first kappa shape index (κ1) is 11.6. The van der Waals surface area contributed by atoms with Gasteiger partial charge in [0.15, 0.2) is 0 Å². The smallest absolute Gasteiger partial charge is 0.242 e. The number of nitrogens with one attached hydrogen (secondary N) is 1. The fraction of sp³-hybridized carbons (Fsp3) is 0.600. The van der Waals surface area contributed by atoms with Gasteiger partial charge in [0.2, 0.25) is 11.8 Å². The van der Waals surface area contributed by atoms with Crippen LogP contribution in [0.3, 0.4) is 0 Å². The van der Waals surface area contributed by atoms with Gasteiger partial charge < -0.3 is 10.2 Å². The predicted octanol–water partition coefficient (Wildman–Crippen LogP) is -0.812. The van der Waals surface area contributed by atoms with Crippen LogP contribution in [-0.2, 0) is 9.59 Å². The standard InChI is InChI=1S/C10H15N5O2/c1-8(16)11-6-10(17)14-5-2-9(7-14)15-12-3-4-13-15/h3-4,9H,2,5-7H2,1H3,(H,11,16)/t9-/m0/s1. The minimum atomic E-state index is -0.192. The third kappa shape index (κ3) is 2.80. The van der Waals surface area contributed by atoms with Gasteiger partial charge in [-0.25, -0.2) is 0 Å². The molecule has 0 aliphatic carbocycles. The Morgan fingerprint density at radius 1 is 1.41 bits per heavy atom. The maximum Gasteiger partial charge on any atom is 0.242 e. The summed E-state index contributed by atoms with van der Waals surface area (Å²) in [5, 5.41) is 10.6. The highest BCUT2D eigenvalue weighted by Crippen LogP contribution is 2.19. The van der Waals surface area contributed by atoms with Gasteiger partial charge in [-0.05, 0) is 6.42 Å². The van der Waals surface area contributed by atoms with Crippen molar-refractivity contribution in [2.45, 2.75) is 19.4 Å². The van der Waals surface area contributed by atoms with Crippen molar-refractivity contribution in [2.24, 2.45) is 0 Å². The number of likely N-dealkylation sites (tertiary alicyclic amines) is 1. The number of amides is 2. The van der Waals surface area contributed by atoms with Gasteiger partial charge >= 0.3 is 0 Å². The van der Waals surface area contributed by atoms with Gasteiger partial charge in [-0.15, -0.1) is 0 Å². The van der Waals surface area contributed by atoms with E-state index in [0.29, 0.717) is 13.1 Å². The normalized spacial score (nSPS) is 19.4. The predicted molar refractivity (Wildman–Crippen MR) is 58.9 cm³/mol. The highest BCUT2D eigenvalue weighted by molar-refractivity contribution is 5.83. The van der Waals surface area contributed by atoms with E-state index in [1.54, 1.807) is 22.1 Å². The van der Waals surface area contributed by atoms with Crippen LogP contribution in [0.25, 0.3) is 0 Å². The molecule has 1 aromatic rings. The second-order valence-electron chi connectivity index (χ2n) is 4.04. The van der Waals surface area contributed by atoms with Gasteiger partial charge in [0.1, 0.15) is 0 Å². The van der Waals surface area contributed by atoms with Crippen LogP contribution in [0, 0.1) is 0 Å². The topological polar surface area (TPSA) is 80.1 Å². The van der Waals surface area contributed by atoms with E-state index in [2.05, 4.69) is 15.5 Å². The van der Waals surface area contributed by atoms with Crippen molar-refractivity contribution in [3.63, 3.8) is 0 Å². The molecule has 0 aromatic carbocycles. The van der Waals surface area contributed by atoms with Crippen LogP contribution in [0.2, 0.25) is 0 Å². The van der Waals surface area contributed by atoms with Crippen molar-refractivity contribution in [2.75, 3.05) is 19.6 Å². The van der Waals surface area contributed by atoms with E-state index in [9.17, 15) is 9.59 Å². The summed E-state index contributed by atoms with van der Waals surface area (Å²) >= 11 is 0. The summed E-state index contributed by atoms with van der Waals surface area (Å²) in [6, 6.07) is 0.145. The fourth-order valence-corrected chi connectivity index (χ4v) is 1.88. The van der Waals surface area contributed by atoms with Gasteiger partial charge in [-0.3, -0.25) is 9.59 Å². The van der Waals surface area contributed by atoms with E-state index >= 15 is 0 Å². The first-order valence-corrected chi connectivity index (χ1v) is 5.55. The van der Waals surface area contributed by atoms with Gasteiger partial charge in [-0.1, -0.05) is 0 Å². The van der Waals surface area contributed by atoms with Crippen molar-refractivity contribution < 1.29 is 9.59 Å². The summed E-state index contributed by atoms with van der Waals surface area (Å²) < 4.78 is 0. The first-order chi connectivity index (χ1) is 8.16. The Hall–Kier alpha value is -1.92. The molecule has 1 aliphatic rings. The number of carbonyl (C=O) groups excluding carboxylic acids is 2. The molecule has 0 saturated carbocycles. The van der Waals surface area contributed by atoms with Crippen molar-refractivity contribution in [1.82, 2.24) is 25.2 Å². The molecule has 7 heteroatoms. The molecular weight excluding hydrogens is 222 g/mol. The molecule has 17 heavy (non-hydrogen) atoms. The molecule has 2 rings (SSSR count). The average Bonchev–Trinajstić information content (AvgIpc) is 2.94. The molecule has 1 N–H and O–H groups in total. The monoisotopic (exact) mass is 237 g/mol. The number of carbonyl (C=O) groups is 2. The number of nitrogens with zero attached hydrogens (tertiary/aromatic N) is 4. The lowest BCUT2D eigenvalue weighted by atomic mass is 10.3. The van der Waals surface area contributed by atoms with Crippen LogP contribution < -0.4 is 5.32 Å². The zero-order valence-electron chi connectivity index (χ0n) is 9.67. The zero-order chi connectivity index (χ0) is 12.3. The molecular formula is C10H15N5O2. The Balaban J connectivity index is 1.85. The second kappa shape index (κ2) is 4.94. The van der Waals surface area contributed by atoms with E-state index in [0.717, 1.165) is 6.42 Å². The lowest BCUT2D eigenvalue weighted by Gasteiger charge is -2.16. The van der Waals surface area contributed by atoms with E-state index in [1.165, 1.54) is 6.92 Å². The lowest BCUT2D eigenvalue weighted by molar-refractivity contribution is -0.131. The third-order valence-electron chi connectivity index (χ3n) is 2.77. The number of hydrogen-bond donors (Lipinski definition) is 1. The van der Waals surface area contributed by atoms with Crippen LogP contribution in [0.5, 0.6) is 0 Å². The molecule has 1 aromatic heterocycles. The summed E-state index contributed by atoms with van der Waals surface area (Å²) in [5.74, 6) is -0.252. The van der Waals surface area contributed by atoms with E-state index in [1.807, 2.05) is 0 Å². The summed E-state index contributed by atoms with van der Waals surface area (Å²) in [4.78, 5) is 25.8. The van der Waals surface area contributed by atoms with Crippen LogP contribution in [0.4, 0.5) is 0 Å². The zero-order valence-corrected chi connectivity index (χ0v) is 9.67. The van der Waals surface area contributed by atoms with Crippen molar-refractivity contribution in [1.29, 1.82) is 0 Å². The Bertz CT molecular complexity index is 403. The van der Waals surface area contributed by atoms with Crippen LogP contribution in [-0.4, -0.2) is 51.3 Å². The highest BCUT2D eigenvalue weighted by Gasteiger charge is 2.28. The van der Waals surface area contributed by atoms with E-state index in [-0.39, 0.29) is 24.4 Å². The Kier molecular flexibility index (Phi) is 3.36. The maximum atomic E-state index is 11.7. The Morgan fingerprint density at radius 2 is 2.12 bits per heavy atom. The molecule has 1 atom stereocenters. The first-order valence-electron chi connectivity index (χ1n) is 5.55. The molecule has 7 nitrogen and oxygen atoms in total. The van der Waals surface area contributed by atoms with E-state index in [4.69, 9.17) is 0 Å². The van der Waals surface area contributed by atoms with Crippen LogP contribution >= 0.6 is 0 Å². The number of hydrogen-bond acceptors (Lipinski definition) is 4. The summed E-state index contributed by atoms with van der Waals surface area (Å²) in [6.45, 7) is 2.75. The van der Waals surface area contributed by atoms with Crippen LogP contribution in [0.1, 0.15) is 19.4 Å². The van der Waals surface area contributed by atoms with Crippen LogP contribution in [0.15, 0.2) is 12.4 Å². The fourth-order valence-electron chi connectivity index (χ4n) is 1.88. The molecule has 0 radical (unpaired) electrons. The molecule has 1 saturated heterocycles. The van der Waals surface area contributed by atoms with Gasteiger partial charge in [0.05, 0.1) is 25.0 Å². The Morgan fingerprint density at radius 3 is 2.76 bits per heavy atom. The summed E-state index contributed by atoms with van der Waals surface area (Å²) in [7, 11) is 0. The number of aromatic nitrogens is 3. The molecule has 92 valence electrons. The maximum absolute atomic E-state index is 11.7. The minimum absolute atomic E-state index is 0.0603. The molecule has 1 aliphatic heterocycles. The SMILES string of the molecule is CC(=O)NCC(=O)N1CC[C@H](n2nccn2)C1. The van der Waals surface area contributed by atoms with Crippen molar-refractivity contribution in [3.8, 4) is 0 Å². The third-order valence-corrected chi connectivity index (χ3v) is 2.77. The molecule has 0 spiro atoms. The van der Waals surface area contributed by atoms with Crippen molar-refractivity contribution in [3.05, 3.63) is 12.4 Å². The van der Waals surface area contributed by atoms with E-state index < -0.39 is 0 Å². The highest BCUT2D eigenvalue weighted by atomic mass is 16.2. The lowest BCUT2D eigenvalue weighted by Crippen LogP contribution is -2.38. The second-order valence-corrected chi connectivity index (χ2v) is 4.04. The minimum Gasteiger partial charge on any atom is -0.347 e. The summed E-state index contributed by atoms with van der Waals surface area (Å²) in [6.07, 6.45) is 4.10. The molecule has 0 unspecified atom stereocenters. The van der Waals surface area contributed by atoms with Gasteiger partial charge in [0.25, 0.3) is 0 Å². The molecule has 1 fully saturated rings. The largest absolute Gasteiger partial charge is 0.347 e. The molecule has 0 bridgehead atoms. The summed E-state index contributed by atoms with van der Waals surface area (Å²) in [5.41, 5.74) is 0.